The molecule has 4 nitrogen and oxygen atoms in total. The second kappa shape index (κ2) is 7.33. The lowest BCUT2D eigenvalue weighted by molar-refractivity contribution is -0.0397. The zero-order chi connectivity index (χ0) is 22.5. The third-order valence-electron chi connectivity index (χ3n) is 5.70. The summed E-state index contributed by atoms with van der Waals surface area (Å²) in [5, 5.41) is 43.7. The number of hydrogen-bond donors (Lipinski definition) is 4. The molecule has 0 aliphatic rings. The van der Waals surface area contributed by atoms with Crippen molar-refractivity contribution in [2.45, 2.75) is 84.8 Å². The van der Waals surface area contributed by atoms with E-state index < -0.39 is 11.7 Å². The lowest BCUT2D eigenvalue weighted by Crippen LogP contribution is -2.39. The topological polar surface area (TPSA) is 80.9 Å². The molecule has 29 heavy (non-hydrogen) atoms. The van der Waals surface area contributed by atoms with Crippen LogP contribution in [0.5, 0.6) is 11.5 Å². The first-order valence-corrected chi connectivity index (χ1v) is 10.1. The molecule has 0 spiro atoms. The molecule has 0 saturated carbocycles. The van der Waals surface area contributed by atoms with Crippen LogP contribution in [0.1, 0.15) is 81.8 Å². The maximum absolute atomic E-state index is 11.8. The zero-order valence-electron chi connectivity index (χ0n) is 19.2. The Morgan fingerprint density at radius 1 is 0.690 bits per heavy atom. The molecule has 4 heteroatoms. The van der Waals surface area contributed by atoms with Crippen LogP contribution in [0.4, 0.5) is 0 Å². The van der Waals surface area contributed by atoms with Gasteiger partial charge in [0.15, 0.2) is 0 Å². The molecule has 0 aliphatic heterocycles. The van der Waals surface area contributed by atoms with Crippen molar-refractivity contribution in [1.82, 2.24) is 0 Å². The fourth-order valence-electron chi connectivity index (χ4n) is 3.79. The summed E-state index contributed by atoms with van der Waals surface area (Å²) in [7, 11) is 0. The smallest absolute Gasteiger partial charge is 0.140 e. The maximum Gasteiger partial charge on any atom is 0.140 e. The van der Waals surface area contributed by atoms with E-state index in [1.807, 2.05) is 41.5 Å². The maximum atomic E-state index is 11.8. The molecule has 4 N–H and O–H groups in total. The van der Waals surface area contributed by atoms with Crippen LogP contribution in [0.15, 0.2) is 24.3 Å². The first-order chi connectivity index (χ1) is 13.0. The van der Waals surface area contributed by atoms with Crippen molar-refractivity contribution >= 4 is 0 Å². The average Bonchev–Trinajstić information content (AvgIpc) is 2.56. The monoisotopic (exact) mass is 400 g/mol. The minimum atomic E-state index is -1.70. The molecule has 1 unspecified atom stereocenters. The fourth-order valence-corrected chi connectivity index (χ4v) is 3.79. The lowest BCUT2D eigenvalue weighted by atomic mass is 9.75. The Bertz CT molecular complexity index is 842. The molecule has 0 aromatic heterocycles. The van der Waals surface area contributed by atoms with Gasteiger partial charge in [-0.2, -0.15) is 0 Å². The molecule has 160 valence electrons. The molecule has 0 radical (unpaired) electrons. The summed E-state index contributed by atoms with van der Waals surface area (Å²) in [6.45, 7) is 17.1. The molecule has 2 aromatic rings. The number of phenols is 2. The zero-order valence-corrected chi connectivity index (χ0v) is 19.2. The summed E-state index contributed by atoms with van der Waals surface area (Å²) in [6.07, 6.45) is -1.11. The molecule has 0 fully saturated rings. The summed E-state index contributed by atoms with van der Waals surface area (Å²) >= 11 is 0. The van der Waals surface area contributed by atoms with E-state index in [0.717, 1.165) is 0 Å². The van der Waals surface area contributed by atoms with Gasteiger partial charge >= 0.3 is 0 Å². The summed E-state index contributed by atoms with van der Waals surface area (Å²) in [5.41, 5.74) is 1.33. The van der Waals surface area contributed by atoms with Gasteiger partial charge in [-0.1, -0.05) is 41.5 Å². The molecule has 0 heterocycles. The van der Waals surface area contributed by atoms with Crippen LogP contribution in [0, 0.1) is 13.8 Å². The van der Waals surface area contributed by atoms with E-state index in [0.29, 0.717) is 33.4 Å². The number of aryl methyl sites for hydroxylation is 2. The Hall–Kier alpha value is -2.04. The van der Waals surface area contributed by atoms with Crippen LogP contribution in [0.2, 0.25) is 0 Å². The van der Waals surface area contributed by atoms with Gasteiger partial charge in [-0.3, -0.25) is 0 Å². The van der Waals surface area contributed by atoms with Gasteiger partial charge in [-0.25, -0.2) is 0 Å². The van der Waals surface area contributed by atoms with Gasteiger partial charge in [-0.15, -0.1) is 0 Å². The highest BCUT2D eigenvalue weighted by Gasteiger charge is 2.40. The third-order valence-corrected chi connectivity index (χ3v) is 5.70. The fraction of sp³-hybridized carbons (Fsp3) is 0.520. The number of benzene rings is 2. The van der Waals surface area contributed by atoms with Gasteiger partial charge in [-0.05, 0) is 89.2 Å². The molecule has 0 bridgehead atoms. The quantitative estimate of drug-likeness (QED) is 0.589. The van der Waals surface area contributed by atoms with E-state index in [4.69, 9.17) is 0 Å². The molecule has 1 atom stereocenters. The predicted molar refractivity (Wildman–Crippen MR) is 118 cm³/mol. The van der Waals surface area contributed by atoms with E-state index in [1.165, 1.54) is 0 Å². The number of hydrogen-bond acceptors (Lipinski definition) is 4. The summed E-state index contributed by atoms with van der Waals surface area (Å²) in [6, 6.07) is 6.98. The van der Waals surface area contributed by atoms with Crippen molar-refractivity contribution in [3.05, 3.63) is 57.6 Å². The Labute approximate surface area is 174 Å². The number of rotatable bonds is 3. The van der Waals surface area contributed by atoms with Crippen molar-refractivity contribution in [3.8, 4) is 11.5 Å². The second-order valence-electron chi connectivity index (χ2n) is 10.3. The second-order valence-corrected chi connectivity index (χ2v) is 10.3. The summed E-state index contributed by atoms with van der Waals surface area (Å²) in [4.78, 5) is 0. The molecular formula is C25H36O4. The molecule has 0 saturated heterocycles. The van der Waals surface area contributed by atoms with E-state index in [1.54, 1.807) is 45.0 Å². The van der Waals surface area contributed by atoms with E-state index >= 15 is 0 Å². The average molecular weight is 401 g/mol. The van der Waals surface area contributed by atoms with Gasteiger partial charge < -0.3 is 20.4 Å². The van der Waals surface area contributed by atoms with Crippen molar-refractivity contribution < 1.29 is 20.4 Å². The molecular weight excluding hydrogens is 364 g/mol. The summed E-state index contributed by atoms with van der Waals surface area (Å²) < 4.78 is 0. The first kappa shape index (κ1) is 23.2. The highest BCUT2D eigenvalue weighted by Crippen LogP contribution is 2.43. The van der Waals surface area contributed by atoms with Crippen molar-refractivity contribution in [2.24, 2.45) is 0 Å². The SMILES string of the molecule is Cc1cc(C(O)(c2cc(C)c(O)c(C(C)(C)C)c2)C(C)O)cc(C(C)(C)C)c1O. The highest BCUT2D eigenvalue weighted by molar-refractivity contribution is 5.54. The third kappa shape index (κ3) is 4.15. The molecule has 0 aliphatic carbocycles. The van der Waals surface area contributed by atoms with Crippen LogP contribution in [-0.2, 0) is 16.4 Å². The number of aliphatic hydroxyl groups excluding tert-OH is 1. The number of aliphatic hydroxyl groups is 2. The van der Waals surface area contributed by atoms with Crippen molar-refractivity contribution in [3.63, 3.8) is 0 Å². The van der Waals surface area contributed by atoms with Gasteiger partial charge in [0.2, 0.25) is 0 Å². The Balaban J connectivity index is 2.88. The van der Waals surface area contributed by atoms with Crippen LogP contribution in [-0.4, -0.2) is 26.5 Å². The van der Waals surface area contributed by atoms with Gasteiger partial charge in [0.05, 0.1) is 6.10 Å². The summed E-state index contributed by atoms with van der Waals surface area (Å²) in [5.74, 6) is 0.401. The molecule has 2 aromatic carbocycles. The number of aromatic hydroxyl groups is 2. The first-order valence-electron chi connectivity index (χ1n) is 10.1. The lowest BCUT2D eigenvalue weighted by Gasteiger charge is -2.36. The van der Waals surface area contributed by atoms with Gasteiger partial charge in [0.1, 0.15) is 17.1 Å². The van der Waals surface area contributed by atoms with E-state index in [2.05, 4.69) is 0 Å². The van der Waals surface area contributed by atoms with Crippen molar-refractivity contribution in [2.75, 3.05) is 0 Å². The minimum absolute atomic E-state index is 0.200. The Kier molecular flexibility index (Phi) is 5.88. The number of phenolic OH excluding ortho intramolecular Hbond substituents is 2. The Morgan fingerprint density at radius 2 is 1.00 bits per heavy atom. The van der Waals surface area contributed by atoms with E-state index in [-0.39, 0.29) is 22.3 Å². The van der Waals surface area contributed by atoms with Crippen LogP contribution in [0.25, 0.3) is 0 Å². The van der Waals surface area contributed by atoms with Crippen molar-refractivity contribution in [1.29, 1.82) is 0 Å². The van der Waals surface area contributed by atoms with Crippen LogP contribution < -0.4 is 0 Å². The Morgan fingerprint density at radius 3 is 1.24 bits per heavy atom. The van der Waals surface area contributed by atoms with Crippen LogP contribution >= 0.6 is 0 Å². The highest BCUT2D eigenvalue weighted by atomic mass is 16.3. The standard InChI is InChI=1S/C25H36O4/c1-14-10-17(12-19(21(14)27)23(4,5)6)25(29,16(3)26)18-11-15(2)22(28)20(13-18)24(7,8)9/h10-13,16,26-29H,1-9H3. The van der Waals surface area contributed by atoms with Crippen LogP contribution in [0.3, 0.4) is 0 Å². The van der Waals surface area contributed by atoms with Gasteiger partial charge in [0, 0.05) is 0 Å². The molecule has 0 amide bonds. The van der Waals surface area contributed by atoms with Gasteiger partial charge in [0.25, 0.3) is 0 Å². The predicted octanol–water partition coefficient (Wildman–Crippen LogP) is 4.93. The normalized spacial score (nSPS) is 14.2. The largest absolute Gasteiger partial charge is 0.507 e. The van der Waals surface area contributed by atoms with E-state index in [9.17, 15) is 20.4 Å². The molecule has 2 rings (SSSR count). The minimum Gasteiger partial charge on any atom is -0.507 e.